The number of ether oxygens (including phenoxy) is 3. The molecule has 3 aromatic carbocycles. The van der Waals surface area contributed by atoms with Crippen LogP contribution in [0, 0.1) is 0 Å². The molecule has 1 saturated carbocycles. The second kappa shape index (κ2) is 11.4. The Hall–Kier alpha value is -2.54. The van der Waals surface area contributed by atoms with Crippen LogP contribution >= 0.6 is 0 Å². The fourth-order valence-corrected chi connectivity index (χ4v) is 3.99. The van der Waals surface area contributed by atoms with Gasteiger partial charge in [-0.1, -0.05) is 91.0 Å². The van der Waals surface area contributed by atoms with Gasteiger partial charge in [0.15, 0.2) is 0 Å². The van der Waals surface area contributed by atoms with E-state index in [4.69, 9.17) is 14.2 Å². The Labute approximate surface area is 189 Å². The van der Waals surface area contributed by atoms with E-state index in [9.17, 15) is 10.2 Å². The van der Waals surface area contributed by atoms with E-state index in [1.165, 1.54) is 0 Å². The Balaban J connectivity index is 1.44. The molecular weight excluding hydrogens is 404 g/mol. The molecule has 3 aromatic rings. The second-order valence-electron chi connectivity index (χ2n) is 8.15. The molecule has 5 atom stereocenters. The Morgan fingerprint density at radius 1 is 0.531 bits per heavy atom. The van der Waals surface area contributed by atoms with Crippen LogP contribution in [0.4, 0.5) is 0 Å². The Morgan fingerprint density at radius 3 is 1.25 bits per heavy atom. The van der Waals surface area contributed by atoms with Crippen LogP contribution in [0.5, 0.6) is 0 Å². The second-order valence-corrected chi connectivity index (χ2v) is 8.15. The highest BCUT2D eigenvalue weighted by Gasteiger charge is 2.45. The average molecular weight is 435 g/mol. The van der Waals surface area contributed by atoms with Crippen LogP contribution in [0.25, 0.3) is 0 Å². The summed E-state index contributed by atoms with van der Waals surface area (Å²) in [5.74, 6) is 0. The normalized spacial score (nSPS) is 25.5. The first-order chi connectivity index (χ1) is 15.7. The van der Waals surface area contributed by atoms with Gasteiger partial charge in [-0.15, -0.1) is 0 Å². The summed E-state index contributed by atoms with van der Waals surface area (Å²) in [6, 6.07) is 29.4. The molecule has 5 nitrogen and oxygen atoms in total. The molecule has 2 N–H and O–H groups in total. The van der Waals surface area contributed by atoms with Crippen molar-refractivity contribution in [1.82, 2.24) is 0 Å². The molecule has 0 aliphatic heterocycles. The van der Waals surface area contributed by atoms with Crippen molar-refractivity contribution in [3.05, 3.63) is 108 Å². The van der Waals surface area contributed by atoms with E-state index >= 15 is 0 Å². The zero-order valence-electron chi connectivity index (χ0n) is 18.0. The number of aliphatic hydroxyl groups excluding tert-OH is 2. The maximum atomic E-state index is 11.0. The molecule has 1 aliphatic rings. The lowest BCUT2D eigenvalue weighted by atomic mass is 9.86. The van der Waals surface area contributed by atoms with Crippen molar-refractivity contribution in [2.24, 2.45) is 0 Å². The number of benzene rings is 3. The van der Waals surface area contributed by atoms with Gasteiger partial charge in [0, 0.05) is 6.42 Å². The molecule has 0 bridgehead atoms. The summed E-state index contributed by atoms with van der Waals surface area (Å²) in [4.78, 5) is 0. The van der Waals surface area contributed by atoms with Crippen LogP contribution in [-0.4, -0.2) is 40.7 Å². The van der Waals surface area contributed by atoms with Gasteiger partial charge in [-0.05, 0) is 16.7 Å². The molecule has 0 saturated heterocycles. The SMILES string of the molecule is O[C@@H]1C(OCc2ccccc2)[C@H](O)[C@@H](OCc2ccccc2)C[C@H]1OCc1ccccc1. The van der Waals surface area contributed by atoms with Crippen molar-refractivity contribution in [3.8, 4) is 0 Å². The Bertz CT molecular complexity index is 863. The predicted molar refractivity (Wildman–Crippen MR) is 122 cm³/mol. The van der Waals surface area contributed by atoms with Crippen LogP contribution < -0.4 is 0 Å². The summed E-state index contributed by atoms with van der Waals surface area (Å²) in [6.45, 7) is 1.03. The number of rotatable bonds is 9. The molecule has 1 unspecified atom stereocenters. The van der Waals surface area contributed by atoms with Crippen LogP contribution in [0.3, 0.4) is 0 Å². The van der Waals surface area contributed by atoms with Gasteiger partial charge < -0.3 is 24.4 Å². The minimum absolute atomic E-state index is 0.288. The number of aliphatic hydroxyl groups is 2. The summed E-state index contributed by atoms with van der Waals surface area (Å²) in [5, 5.41) is 22.0. The van der Waals surface area contributed by atoms with Crippen molar-refractivity contribution in [2.45, 2.75) is 56.8 Å². The van der Waals surface area contributed by atoms with E-state index < -0.39 is 30.5 Å². The summed E-state index contributed by atoms with van der Waals surface area (Å²) >= 11 is 0. The van der Waals surface area contributed by atoms with Crippen molar-refractivity contribution in [2.75, 3.05) is 0 Å². The van der Waals surface area contributed by atoms with Crippen LogP contribution in [0.1, 0.15) is 23.1 Å². The van der Waals surface area contributed by atoms with Gasteiger partial charge in [0.25, 0.3) is 0 Å². The molecule has 1 aliphatic carbocycles. The first-order valence-electron chi connectivity index (χ1n) is 11.0. The van der Waals surface area contributed by atoms with Gasteiger partial charge >= 0.3 is 0 Å². The smallest absolute Gasteiger partial charge is 0.115 e. The number of hydrogen-bond donors (Lipinski definition) is 2. The highest BCUT2D eigenvalue weighted by atomic mass is 16.5. The highest BCUT2D eigenvalue weighted by Crippen LogP contribution is 2.29. The van der Waals surface area contributed by atoms with Gasteiger partial charge in [-0.2, -0.15) is 0 Å². The van der Waals surface area contributed by atoms with E-state index in [0.717, 1.165) is 16.7 Å². The van der Waals surface area contributed by atoms with Gasteiger partial charge in [0.05, 0.1) is 32.0 Å². The lowest BCUT2D eigenvalue weighted by Crippen LogP contribution is -2.58. The van der Waals surface area contributed by atoms with Gasteiger partial charge in [0.1, 0.15) is 18.3 Å². The monoisotopic (exact) mass is 434 g/mol. The third-order valence-electron chi connectivity index (χ3n) is 5.80. The molecule has 0 aromatic heterocycles. The van der Waals surface area contributed by atoms with E-state index in [-0.39, 0.29) is 6.61 Å². The zero-order valence-corrected chi connectivity index (χ0v) is 18.0. The zero-order chi connectivity index (χ0) is 22.2. The molecule has 168 valence electrons. The summed E-state index contributed by atoms with van der Waals surface area (Å²) in [7, 11) is 0. The van der Waals surface area contributed by atoms with Gasteiger partial charge in [-0.25, -0.2) is 0 Å². The molecular formula is C27H30O5. The average Bonchev–Trinajstić information content (AvgIpc) is 2.85. The van der Waals surface area contributed by atoms with E-state index in [1.54, 1.807) is 0 Å². The van der Waals surface area contributed by atoms with E-state index in [2.05, 4.69) is 0 Å². The quantitative estimate of drug-likeness (QED) is 0.535. The molecule has 1 fully saturated rings. The third kappa shape index (κ3) is 6.03. The molecule has 0 radical (unpaired) electrons. The molecule has 0 spiro atoms. The Morgan fingerprint density at radius 2 is 0.875 bits per heavy atom. The minimum Gasteiger partial charge on any atom is -0.388 e. The van der Waals surface area contributed by atoms with Gasteiger partial charge in [0.2, 0.25) is 0 Å². The van der Waals surface area contributed by atoms with Crippen LogP contribution in [-0.2, 0) is 34.0 Å². The summed E-state index contributed by atoms with van der Waals surface area (Å²) < 4.78 is 18.1. The largest absolute Gasteiger partial charge is 0.388 e. The Kier molecular flexibility index (Phi) is 8.04. The fraction of sp³-hybridized carbons (Fsp3) is 0.333. The first kappa shape index (κ1) is 22.6. The lowest BCUT2D eigenvalue weighted by molar-refractivity contribution is -0.222. The topological polar surface area (TPSA) is 68.2 Å². The molecule has 0 amide bonds. The van der Waals surface area contributed by atoms with E-state index in [1.807, 2.05) is 91.0 Å². The van der Waals surface area contributed by atoms with Crippen LogP contribution in [0.15, 0.2) is 91.0 Å². The standard InChI is InChI=1S/C27H30O5/c28-25-23(30-17-20-10-4-1-5-11-20)16-24(31-18-21-12-6-2-7-13-21)26(29)27(25)32-19-22-14-8-3-9-15-22/h1-15,23-29H,16-19H2/t23-,24+,25+,26-,27?. The molecule has 0 heterocycles. The highest BCUT2D eigenvalue weighted by molar-refractivity contribution is 5.15. The van der Waals surface area contributed by atoms with Gasteiger partial charge in [-0.3, -0.25) is 0 Å². The molecule has 5 heteroatoms. The van der Waals surface area contributed by atoms with Crippen LogP contribution in [0.2, 0.25) is 0 Å². The third-order valence-corrected chi connectivity index (χ3v) is 5.80. The predicted octanol–water partition coefficient (Wildman–Crippen LogP) is 3.87. The first-order valence-corrected chi connectivity index (χ1v) is 11.0. The van der Waals surface area contributed by atoms with Crippen molar-refractivity contribution in [1.29, 1.82) is 0 Å². The maximum absolute atomic E-state index is 11.0. The van der Waals surface area contributed by atoms with Crippen molar-refractivity contribution in [3.63, 3.8) is 0 Å². The summed E-state index contributed by atoms with van der Waals surface area (Å²) in [6.07, 6.45) is -3.39. The lowest BCUT2D eigenvalue weighted by Gasteiger charge is -2.42. The van der Waals surface area contributed by atoms with E-state index in [0.29, 0.717) is 19.6 Å². The summed E-state index contributed by atoms with van der Waals surface area (Å²) in [5.41, 5.74) is 3.02. The fourth-order valence-electron chi connectivity index (χ4n) is 3.99. The van der Waals surface area contributed by atoms with Crippen molar-refractivity contribution < 1.29 is 24.4 Å². The minimum atomic E-state index is -0.964. The maximum Gasteiger partial charge on any atom is 0.115 e. The molecule has 4 rings (SSSR count). The molecule has 32 heavy (non-hydrogen) atoms. The van der Waals surface area contributed by atoms with Crippen molar-refractivity contribution >= 4 is 0 Å². The number of hydrogen-bond acceptors (Lipinski definition) is 5.